The van der Waals surface area contributed by atoms with E-state index in [1.165, 1.54) is 0 Å². The second-order valence-corrected chi connectivity index (χ2v) is 5.73. The van der Waals surface area contributed by atoms with Gasteiger partial charge in [0.05, 0.1) is 13.0 Å². The minimum absolute atomic E-state index is 0.145. The summed E-state index contributed by atoms with van der Waals surface area (Å²) >= 11 is 0. The van der Waals surface area contributed by atoms with E-state index in [4.69, 9.17) is 4.74 Å². The van der Waals surface area contributed by atoms with Gasteiger partial charge >= 0.3 is 0 Å². The molecule has 0 aliphatic carbocycles. The van der Waals surface area contributed by atoms with Crippen molar-refractivity contribution in [2.24, 2.45) is 5.92 Å². The third kappa shape index (κ3) is 4.33. The first-order valence-electron chi connectivity index (χ1n) is 8.16. The third-order valence-corrected chi connectivity index (χ3v) is 4.24. The summed E-state index contributed by atoms with van der Waals surface area (Å²) in [6.07, 6.45) is 2.63. The molecule has 1 heterocycles. The molecule has 0 atom stereocenters. The standard InChI is InChI=1S/C18H25NO3/c1-3-17(20)15-9-11-19(12-10-15)18(21)13-14-5-7-16(8-6-14)22-4-2/h5-8,15H,3-4,9-13H2,1-2H3. The van der Waals surface area contributed by atoms with Crippen molar-refractivity contribution in [3.05, 3.63) is 29.8 Å². The van der Waals surface area contributed by atoms with Gasteiger partial charge in [0.25, 0.3) is 0 Å². The maximum absolute atomic E-state index is 12.3. The number of amides is 1. The van der Waals surface area contributed by atoms with Crippen molar-refractivity contribution in [1.29, 1.82) is 0 Å². The molecule has 1 aromatic rings. The van der Waals surface area contributed by atoms with Crippen LogP contribution in [0.15, 0.2) is 24.3 Å². The van der Waals surface area contributed by atoms with E-state index in [0.29, 0.717) is 38.3 Å². The lowest BCUT2D eigenvalue weighted by atomic mass is 9.91. The van der Waals surface area contributed by atoms with E-state index in [1.54, 1.807) is 0 Å². The highest BCUT2D eigenvalue weighted by atomic mass is 16.5. The van der Waals surface area contributed by atoms with Crippen molar-refractivity contribution in [3.8, 4) is 5.75 Å². The largest absolute Gasteiger partial charge is 0.494 e. The van der Waals surface area contributed by atoms with Gasteiger partial charge in [-0.2, -0.15) is 0 Å². The second kappa shape index (κ2) is 7.97. The molecule has 1 fully saturated rings. The molecule has 4 nitrogen and oxygen atoms in total. The Bertz CT molecular complexity index is 502. The number of piperidine rings is 1. The van der Waals surface area contributed by atoms with Gasteiger partial charge in [0.2, 0.25) is 5.91 Å². The third-order valence-electron chi connectivity index (χ3n) is 4.24. The van der Waals surface area contributed by atoms with Gasteiger partial charge in [-0.25, -0.2) is 0 Å². The number of nitrogens with zero attached hydrogens (tertiary/aromatic N) is 1. The van der Waals surface area contributed by atoms with E-state index in [1.807, 2.05) is 43.0 Å². The predicted octanol–water partition coefficient (Wildman–Crippen LogP) is 2.85. The normalized spacial score (nSPS) is 15.6. The summed E-state index contributed by atoms with van der Waals surface area (Å²) in [5.41, 5.74) is 1.00. The number of likely N-dealkylation sites (tertiary alicyclic amines) is 1. The highest BCUT2D eigenvalue weighted by Gasteiger charge is 2.26. The molecule has 0 saturated carbocycles. The van der Waals surface area contributed by atoms with E-state index in [2.05, 4.69) is 0 Å². The maximum atomic E-state index is 12.3. The van der Waals surface area contributed by atoms with Crippen LogP contribution in [0.2, 0.25) is 0 Å². The van der Waals surface area contributed by atoms with Gasteiger partial charge in [0, 0.05) is 25.4 Å². The average Bonchev–Trinajstić information content (AvgIpc) is 2.56. The summed E-state index contributed by atoms with van der Waals surface area (Å²) in [4.78, 5) is 25.9. The monoisotopic (exact) mass is 303 g/mol. The molecule has 120 valence electrons. The molecule has 0 spiro atoms. The van der Waals surface area contributed by atoms with Crippen LogP contribution < -0.4 is 4.74 Å². The molecule has 0 aromatic heterocycles. The molecule has 1 saturated heterocycles. The molecule has 1 aliphatic rings. The average molecular weight is 303 g/mol. The number of rotatable bonds is 6. The lowest BCUT2D eigenvalue weighted by molar-refractivity contribution is -0.134. The van der Waals surface area contributed by atoms with Gasteiger partial charge in [-0.05, 0) is 37.5 Å². The van der Waals surface area contributed by atoms with E-state index in [0.717, 1.165) is 24.2 Å². The lowest BCUT2D eigenvalue weighted by Gasteiger charge is -2.31. The van der Waals surface area contributed by atoms with Crippen LogP contribution in [0.25, 0.3) is 0 Å². The Kier molecular flexibility index (Phi) is 5.99. The number of ether oxygens (including phenoxy) is 1. The Morgan fingerprint density at radius 3 is 2.32 bits per heavy atom. The number of carbonyl (C=O) groups excluding carboxylic acids is 2. The minimum atomic E-state index is 0.145. The van der Waals surface area contributed by atoms with Crippen molar-refractivity contribution in [3.63, 3.8) is 0 Å². The van der Waals surface area contributed by atoms with Gasteiger partial charge in [-0.1, -0.05) is 19.1 Å². The van der Waals surface area contributed by atoms with Crippen LogP contribution in [0.3, 0.4) is 0 Å². The predicted molar refractivity (Wildman–Crippen MR) is 85.9 cm³/mol. The quantitative estimate of drug-likeness (QED) is 0.812. The van der Waals surface area contributed by atoms with Crippen LogP contribution in [-0.2, 0) is 16.0 Å². The fourth-order valence-corrected chi connectivity index (χ4v) is 2.90. The SMILES string of the molecule is CCOc1ccc(CC(=O)N2CCC(C(=O)CC)CC2)cc1. The maximum Gasteiger partial charge on any atom is 0.226 e. The molecule has 1 aromatic carbocycles. The van der Waals surface area contributed by atoms with Crippen LogP contribution in [0.4, 0.5) is 0 Å². The molecule has 0 N–H and O–H groups in total. The molecule has 22 heavy (non-hydrogen) atoms. The molecule has 0 bridgehead atoms. The molecule has 1 aliphatic heterocycles. The molecule has 4 heteroatoms. The zero-order chi connectivity index (χ0) is 15.9. The zero-order valence-electron chi connectivity index (χ0n) is 13.5. The van der Waals surface area contributed by atoms with Crippen molar-refractivity contribution in [1.82, 2.24) is 4.90 Å². The fraction of sp³-hybridized carbons (Fsp3) is 0.556. The first kappa shape index (κ1) is 16.5. The number of Topliss-reactive ketones (excluding diaryl/α,β-unsaturated/α-hetero) is 1. The molecule has 0 radical (unpaired) electrons. The highest BCUT2D eigenvalue weighted by molar-refractivity contribution is 5.82. The summed E-state index contributed by atoms with van der Waals surface area (Å²) in [5, 5.41) is 0. The van der Waals surface area contributed by atoms with Gasteiger partial charge in [-0.15, -0.1) is 0 Å². The Labute approximate surface area is 132 Å². The summed E-state index contributed by atoms with van der Waals surface area (Å²) in [7, 11) is 0. The van der Waals surface area contributed by atoms with E-state index < -0.39 is 0 Å². The van der Waals surface area contributed by atoms with Crippen molar-refractivity contribution in [2.45, 2.75) is 39.5 Å². The molecule has 1 amide bonds. The zero-order valence-corrected chi connectivity index (χ0v) is 13.5. The number of ketones is 1. The van der Waals surface area contributed by atoms with Gasteiger partial charge in [0.1, 0.15) is 11.5 Å². The second-order valence-electron chi connectivity index (χ2n) is 5.73. The number of hydrogen-bond acceptors (Lipinski definition) is 3. The van der Waals surface area contributed by atoms with Crippen molar-refractivity contribution >= 4 is 11.7 Å². The number of hydrogen-bond donors (Lipinski definition) is 0. The first-order chi connectivity index (χ1) is 10.6. The van der Waals surface area contributed by atoms with E-state index >= 15 is 0 Å². The van der Waals surface area contributed by atoms with Gasteiger partial charge in [-0.3, -0.25) is 9.59 Å². The summed E-state index contributed by atoms with van der Waals surface area (Å²) in [6, 6.07) is 7.68. The topological polar surface area (TPSA) is 46.6 Å². The van der Waals surface area contributed by atoms with Crippen LogP contribution >= 0.6 is 0 Å². The van der Waals surface area contributed by atoms with E-state index in [9.17, 15) is 9.59 Å². The molecule has 2 rings (SSSR count). The fourth-order valence-electron chi connectivity index (χ4n) is 2.90. The highest BCUT2D eigenvalue weighted by Crippen LogP contribution is 2.20. The van der Waals surface area contributed by atoms with E-state index in [-0.39, 0.29) is 11.8 Å². The van der Waals surface area contributed by atoms with Crippen molar-refractivity contribution < 1.29 is 14.3 Å². The smallest absolute Gasteiger partial charge is 0.226 e. The first-order valence-corrected chi connectivity index (χ1v) is 8.16. The number of benzene rings is 1. The summed E-state index contributed by atoms with van der Waals surface area (Å²) < 4.78 is 5.40. The van der Waals surface area contributed by atoms with Crippen LogP contribution in [0, 0.1) is 5.92 Å². The Morgan fingerprint density at radius 2 is 1.77 bits per heavy atom. The molecular weight excluding hydrogens is 278 g/mol. The Hall–Kier alpha value is -1.84. The molecule has 0 unspecified atom stereocenters. The van der Waals surface area contributed by atoms with Crippen molar-refractivity contribution in [2.75, 3.05) is 19.7 Å². The summed E-state index contributed by atoms with van der Waals surface area (Å²) in [5.74, 6) is 1.46. The Balaban J connectivity index is 1.84. The van der Waals surface area contributed by atoms with Crippen LogP contribution in [0.1, 0.15) is 38.7 Å². The number of carbonyl (C=O) groups is 2. The Morgan fingerprint density at radius 1 is 1.14 bits per heavy atom. The molecular formula is C18H25NO3. The van der Waals surface area contributed by atoms with Gasteiger partial charge < -0.3 is 9.64 Å². The summed E-state index contributed by atoms with van der Waals surface area (Å²) in [6.45, 7) is 5.90. The van der Waals surface area contributed by atoms with Crippen LogP contribution in [-0.4, -0.2) is 36.3 Å². The van der Waals surface area contributed by atoms with Gasteiger partial charge in [0.15, 0.2) is 0 Å². The van der Waals surface area contributed by atoms with Crippen LogP contribution in [0.5, 0.6) is 5.75 Å². The lowest BCUT2D eigenvalue weighted by Crippen LogP contribution is -2.40. The minimum Gasteiger partial charge on any atom is -0.494 e.